The van der Waals surface area contributed by atoms with Gasteiger partial charge in [-0.25, -0.2) is 12.7 Å². The Kier molecular flexibility index (Phi) is 5.87. The van der Waals surface area contributed by atoms with E-state index in [9.17, 15) is 13.2 Å². The average Bonchev–Trinajstić information content (AvgIpc) is 2.60. The predicted octanol–water partition coefficient (Wildman–Crippen LogP) is 2.34. The monoisotopic (exact) mass is 355 g/mol. The van der Waals surface area contributed by atoms with Crippen LogP contribution in [0.3, 0.4) is 0 Å². The molecule has 1 aromatic carbocycles. The Morgan fingerprint density at radius 1 is 1.21 bits per heavy atom. The lowest BCUT2D eigenvalue weighted by Gasteiger charge is -2.32. The number of ketones is 1. The second kappa shape index (κ2) is 7.53. The molecule has 0 amide bonds. The molecule has 0 spiro atoms. The average molecular weight is 355 g/mol. The molecule has 1 saturated heterocycles. The summed E-state index contributed by atoms with van der Waals surface area (Å²) in [6.45, 7) is 4.05. The van der Waals surface area contributed by atoms with Crippen molar-refractivity contribution in [2.75, 3.05) is 27.3 Å². The summed E-state index contributed by atoms with van der Waals surface area (Å²) < 4.78 is 36.6. The fourth-order valence-electron chi connectivity index (χ4n) is 2.91. The minimum Gasteiger partial charge on any atom is -0.493 e. The Labute approximate surface area is 143 Å². The topological polar surface area (TPSA) is 72.9 Å². The van der Waals surface area contributed by atoms with Gasteiger partial charge in [0.05, 0.1) is 19.5 Å². The number of ether oxygens (including phenoxy) is 2. The summed E-state index contributed by atoms with van der Waals surface area (Å²) in [5.74, 6) is 0.664. The van der Waals surface area contributed by atoms with Gasteiger partial charge in [-0.1, -0.05) is 0 Å². The number of rotatable bonds is 6. The second-order valence-electron chi connectivity index (χ2n) is 6.22. The van der Waals surface area contributed by atoms with Gasteiger partial charge in [-0.15, -0.1) is 0 Å². The summed E-state index contributed by atoms with van der Waals surface area (Å²) in [4.78, 5) is 12.8. The van der Waals surface area contributed by atoms with E-state index < -0.39 is 15.3 Å². The Bertz CT molecular complexity index is 699. The summed E-state index contributed by atoms with van der Waals surface area (Å²) in [7, 11) is -0.281. The Morgan fingerprint density at radius 3 is 2.46 bits per heavy atom. The fraction of sp³-hybridized carbons (Fsp3) is 0.588. The Hall–Kier alpha value is -1.60. The highest BCUT2D eigenvalue weighted by molar-refractivity contribution is 7.89. The summed E-state index contributed by atoms with van der Waals surface area (Å²) in [6.07, 6.45) is 1.38. The molecule has 1 aliphatic heterocycles. The molecule has 0 unspecified atom stereocenters. The van der Waals surface area contributed by atoms with Gasteiger partial charge < -0.3 is 9.47 Å². The standard InChI is InChI=1S/C17H25NO5S/c1-12(2)24(20,21)18-9-5-6-14(11-18)17(19)13-7-8-15(22-3)16(10-13)23-4/h7-8,10,12,14H,5-6,9,11H2,1-4H3/t14-/m0/s1. The molecule has 1 heterocycles. The number of piperidine rings is 1. The SMILES string of the molecule is COc1ccc(C(=O)[C@H]2CCCN(S(=O)(=O)C(C)C)C2)cc1OC. The molecule has 1 fully saturated rings. The zero-order chi connectivity index (χ0) is 17.9. The smallest absolute Gasteiger partial charge is 0.216 e. The summed E-state index contributed by atoms with van der Waals surface area (Å²) >= 11 is 0. The van der Waals surface area contributed by atoms with Crippen LogP contribution in [0.4, 0.5) is 0 Å². The third-order valence-corrected chi connectivity index (χ3v) is 6.62. The molecule has 0 radical (unpaired) electrons. The minimum atomic E-state index is -3.34. The number of carbonyl (C=O) groups is 1. The van der Waals surface area contributed by atoms with Gasteiger partial charge in [0.15, 0.2) is 17.3 Å². The van der Waals surface area contributed by atoms with Crippen molar-refractivity contribution in [2.45, 2.75) is 31.9 Å². The van der Waals surface area contributed by atoms with Gasteiger partial charge in [0.2, 0.25) is 10.0 Å². The lowest BCUT2D eigenvalue weighted by molar-refractivity contribution is 0.0871. The van der Waals surface area contributed by atoms with Crippen LogP contribution in [0.5, 0.6) is 11.5 Å². The number of benzene rings is 1. The molecule has 0 N–H and O–H groups in total. The van der Waals surface area contributed by atoms with E-state index in [1.165, 1.54) is 18.5 Å². The largest absolute Gasteiger partial charge is 0.493 e. The highest BCUT2D eigenvalue weighted by Gasteiger charge is 2.34. The molecule has 2 rings (SSSR count). The van der Waals surface area contributed by atoms with E-state index >= 15 is 0 Å². The molecule has 1 aromatic rings. The third kappa shape index (κ3) is 3.72. The van der Waals surface area contributed by atoms with Crippen LogP contribution in [0, 0.1) is 5.92 Å². The van der Waals surface area contributed by atoms with Crippen LogP contribution < -0.4 is 9.47 Å². The molecule has 0 aromatic heterocycles. The molecule has 0 saturated carbocycles. The molecule has 7 heteroatoms. The van der Waals surface area contributed by atoms with Gasteiger partial charge >= 0.3 is 0 Å². The van der Waals surface area contributed by atoms with Crippen LogP contribution in [-0.2, 0) is 10.0 Å². The van der Waals surface area contributed by atoms with E-state index in [2.05, 4.69) is 0 Å². The number of carbonyl (C=O) groups excluding carboxylic acids is 1. The first-order valence-corrected chi connectivity index (χ1v) is 9.56. The van der Waals surface area contributed by atoms with Crippen molar-refractivity contribution in [3.63, 3.8) is 0 Å². The maximum absolute atomic E-state index is 12.8. The van der Waals surface area contributed by atoms with E-state index in [4.69, 9.17) is 9.47 Å². The highest BCUT2D eigenvalue weighted by atomic mass is 32.2. The molecule has 0 aliphatic carbocycles. The predicted molar refractivity (Wildman–Crippen MR) is 92.2 cm³/mol. The summed E-state index contributed by atoms with van der Waals surface area (Å²) in [5.41, 5.74) is 0.515. The van der Waals surface area contributed by atoms with Gasteiger partial charge in [0, 0.05) is 24.6 Å². The van der Waals surface area contributed by atoms with Crippen molar-refractivity contribution < 1.29 is 22.7 Å². The van der Waals surface area contributed by atoms with Crippen molar-refractivity contribution in [2.24, 2.45) is 5.92 Å². The molecule has 1 aliphatic rings. The first-order valence-electron chi connectivity index (χ1n) is 8.06. The van der Waals surface area contributed by atoms with Gasteiger partial charge in [0.25, 0.3) is 0 Å². The van der Waals surface area contributed by atoms with Crippen molar-refractivity contribution in [3.05, 3.63) is 23.8 Å². The number of nitrogens with zero attached hydrogens (tertiary/aromatic N) is 1. The van der Waals surface area contributed by atoms with E-state index in [-0.39, 0.29) is 18.2 Å². The maximum atomic E-state index is 12.8. The first-order chi connectivity index (χ1) is 11.3. The molecular formula is C17H25NO5S. The Morgan fingerprint density at radius 2 is 1.88 bits per heavy atom. The van der Waals surface area contributed by atoms with Crippen LogP contribution in [0.15, 0.2) is 18.2 Å². The van der Waals surface area contributed by atoms with Crippen molar-refractivity contribution in [1.29, 1.82) is 0 Å². The first kappa shape index (κ1) is 18.7. The maximum Gasteiger partial charge on any atom is 0.216 e. The highest BCUT2D eigenvalue weighted by Crippen LogP contribution is 2.30. The van der Waals surface area contributed by atoms with E-state index in [1.54, 1.807) is 32.0 Å². The van der Waals surface area contributed by atoms with Crippen molar-refractivity contribution in [1.82, 2.24) is 4.31 Å². The minimum absolute atomic E-state index is 0.0559. The summed E-state index contributed by atoms with van der Waals surface area (Å²) in [5, 5.41) is -0.479. The van der Waals surface area contributed by atoms with E-state index in [0.717, 1.165) is 0 Å². The van der Waals surface area contributed by atoms with Gasteiger partial charge in [-0.2, -0.15) is 0 Å². The number of hydrogen-bond donors (Lipinski definition) is 0. The zero-order valence-electron chi connectivity index (χ0n) is 14.6. The second-order valence-corrected chi connectivity index (χ2v) is 8.71. The number of hydrogen-bond acceptors (Lipinski definition) is 5. The molecule has 1 atom stereocenters. The van der Waals surface area contributed by atoms with Crippen molar-refractivity contribution >= 4 is 15.8 Å². The van der Waals surface area contributed by atoms with E-state index in [0.29, 0.717) is 36.4 Å². The number of sulfonamides is 1. The van der Waals surface area contributed by atoms with Crippen LogP contribution >= 0.6 is 0 Å². The number of methoxy groups -OCH3 is 2. The molecule has 134 valence electrons. The molecule has 0 bridgehead atoms. The lowest BCUT2D eigenvalue weighted by atomic mass is 9.91. The van der Waals surface area contributed by atoms with Gasteiger partial charge in [-0.05, 0) is 44.9 Å². The zero-order valence-corrected chi connectivity index (χ0v) is 15.4. The Balaban J connectivity index is 2.21. The van der Waals surface area contributed by atoms with Crippen LogP contribution in [0.2, 0.25) is 0 Å². The molecule has 24 heavy (non-hydrogen) atoms. The molecule has 6 nitrogen and oxygen atoms in total. The van der Waals surface area contributed by atoms with Gasteiger partial charge in [0.1, 0.15) is 0 Å². The van der Waals surface area contributed by atoms with Crippen molar-refractivity contribution in [3.8, 4) is 11.5 Å². The lowest BCUT2D eigenvalue weighted by Crippen LogP contribution is -2.45. The normalized spacial score (nSPS) is 19.3. The van der Waals surface area contributed by atoms with Crippen LogP contribution in [0.25, 0.3) is 0 Å². The quantitative estimate of drug-likeness (QED) is 0.732. The summed E-state index contributed by atoms with van der Waals surface area (Å²) in [6, 6.07) is 5.04. The fourth-order valence-corrected chi connectivity index (χ4v) is 4.28. The van der Waals surface area contributed by atoms with E-state index in [1.807, 2.05) is 0 Å². The third-order valence-electron chi connectivity index (χ3n) is 4.38. The van der Waals surface area contributed by atoms with Gasteiger partial charge in [-0.3, -0.25) is 4.79 Å². The number of Topliss-reactive ketones (excluding diaryl/α,β-unsaturated/α-hetero) is 1. The molecular weight excluding hydrogens is 330 g/mol. The van der Waals surface area contributed by atoms with Crippen LogP contribution in [-0.4, -0.2) is 51.1 Å². The van der Waals surface area contributed by atoms with Crippen LogP contribution in [0.1, 0.15) is 37.0 Å².